The Morgan fingerprint density at radius 2 is 2.19 bits per heavy atom. The molecule has 0 saturated heterocycles. The molecular weight excluding hydrogens is 278 g/mol. The van der Waals surface area contributed by atoms with Gasteiger partial charge in [0, 0.05) is 25.0 Å². The van der Waals surface area contributed by atoms with Crippen molar-refractivity contribution in [3.63, 3.8) is 0 Å². The van der Waals surface area contributed by atoms with Crippen LogP contribution >= 0.6 is 11.3 Å². The van der Waals surface area contributed by atoms with Gasteiger partial charge >= 0.3 is 0 Å². The summed E-state index contributed by atoms with van der Waals surface area (Å²) < 4.78 is 0. The van der Waals surface area contributed by atoms with Crippen molar-refractivity contribution in [3.05, 3.63) is 10.6 Å². The minimum Gasteiger partial charge on any atom is -0.351 e. The van der Waals surface area contributed by atoms with E-state index in [0.29, 0.717) is 12.5 Å². The van der Waals surface area contributed by atoms with Gasteiger partial charge in [-0.3, -0.25) is 0 Å². The first-order valence-electron chi connectivity index (χ1n) is 8.53. The Balaban J connectivity index is 1.69. The van der Waals surface area contributed by atoms with Gasteiger partial charge < -0.3 is 10.6 Å². The highest BCUT2D eigenvalue weighted by Gasteiger charge is 2.39. The van der Waals surface area contributed by atoms with E-state index in [-0.39, 0.29) is 0 Å². The molecule has 4 unspecified atom stereocenters. The first kappa shape index (κ1) is 15.3. The summed E-state index contributed by atoms with van der Waals surface area (Å²) in [5.41, 5.74) is 7.16. The molecule has 2 aliphatic rings. The molecule has 0 spiro atoms. The van der Waals surface area contributed by atoms with Crippen LogP contribution in [0.2, 0.25) is 0 Å². The van der Waals surface area contributed by atoms with Crippen molar-refractivity contribution in [1.82, 2.24) is 4.98 Å². The summed E-state index contributed by atoms with van der Waals surface area (Å²) in [4.78, 5) is 8.59. The summed E-state index contributed by atoms with van der Waals surface area (Å²) in [5, 5.41) is 1.17. The van der Waals surface area contributed by atoms with Gasteiger partial charge in [0.25, 0.3) is 0 Å². The number of rotatable bonds is 6. The molecule has 1 aromatic rings. The normalized spacial score (nSPS) is 29.0. The van der Waals surface area contributed by atoms with Gasteiger partial charge in [-0.2, -0.15) is 0 Å². The molecule has 1 aromatic heterocycles. The SMILES string of the molecule is CCC(C)c1nc(N(C)CC2CC3CCC2C3)sc1CN. The van der Waals surface area contributed by atoms with Crippen LogP contribution < -0.4 is 10.6 Å². The van der Waals surface area contributed by atoms with E-state index in [1.807, 2.05) is 0 Å². The van der Waals surface area contributed by atoms with E-state index in [1.165, 1.54) is 47.9 Å². The maximum Gasteiger partial charge on any atom is 0.185 e. The molecule has 4 atom stereocenters. The molecule has 118 valence electrons. The molecule has 0 amide bonds. The summed E-state index contributed by atoms with van der Waals surface area (Å²) in [6, 6.07) is 0. The Morgan fingerprint density at radius 1 is 1.38 bits per heavy atom. The Bertz CT molecular complexity index is 484. The van der Waals surface area contributed by atoms with E-state index in [2.05, 4.69) is 25.8 Å². The molecule has 3 rings (SSSR count). The first-order chi connectivity index (χ1) is 10.1. The van der Waals surface area contributed by atoms with E-state index in [4.69, 9.17) is 10.7 Å². The van der Waals surface area contributed by atoms with Gasteiger partial charge in [-0.1, -0.05) is 20.3 Å². The molecule has 3 nitrogen and oxygen atoms in total. The third kappa shape index (κ3) is 2.98. The molecule has 4 heteroatoms. The van der Waals surface area contributed by atoms with Crippen LogP contribution in [0.5, 0.6) is 0 Å². The van der Waals surface area contributed by atoms with Gasteiger partial charge in [0.15, 0.2) is 5.13 Å². The van der Waals surface area contributed by atoms with Crippen LogP contribution in [0.1, 0.15) is 62.4 Å². The summed E-state index contributed by atoms with van der Waals surface area (Å²) in [6.45, 7) is 6.29. The monoisotopic (exact) mass is 307 g/mol. The highest BCUT2D eigenvalue weighted by molar-refractivity contribution is 7.15. The topological polar surface area (TPSA) is 42.2 Å². The van der Waals surface area contributed by atoms with Gasteiger partial charge in [0.2, 0.25) is 0 Å². The largest absolute Gasteiger partial charge is 0.351 e. The predicted octanol–water partition coefficient (Wildman–Crippen LogP) is 3.99. The van der Waals surface area contributed by atoms with E-state index in [0.717, 1.165) is 24.2 Å². The average molecular weight is 308 g/mol. The number of hydrogen-bond acceptors (Lipinski definition) is 4. The Kier molecular flexibility index (Phi) is 4.55. The van der Waals surface area contributed by atoms with Gasteiger partial charge in [0.1, 0.15) is 0 Å². The number of anilines is 1. The van der Waals surface area contributed by atoms with Crippen molar-refractivity contribution in [2.45, 2.75) is 58.4 Å². The number of nitrogens with two attached hydrogens (primary N) is 1. The van der Waals surface area contributed by atoms with E-state index in [9.17, 15) is 0 Å². The number of hydrogen-bond donors (Lipinski definition) is 1. The quantitative estimate of drug-likeness (QED) is 0.864. The molecule has 0 radical (unpaired) electrons. The lowest BCUT2D eigenvalue weighted by Gasteiger charge is -2.26. The van der Waals surface area contributed by atoms with Crippen LogP contribution in [-0.4, -0.2) is 18.6 Å². The maximum absolute atomic E-state index is 5.92. The van der Waals surface area contributed by atoms with Crippen LogP contribution in [0.3, 0.4) is 0 Å². The molecular formula is C17H29N3S. The fourth-order valence-corrected chi connectivity index (χ4v) is 5.30. The highest BCUT2D eigenvalue weighted by Crippen LogP contribution is 2.48. The fraction of sp³-hybridized carbons (Fsp3) is 0.824. The number of nitrogens with zero attached hydrogens (tertiary/aromatic N) is 2. The molecule has 0 aromatic carbocycles. The number of fused-ring (bicyclic) bond motifs is 2. The van der Waals surface area contributed by atoms with Crippen molar-refractivity contribution in [1.29, 1.82) is 0 Å². The summed E-state index contributed by atoms with van der Waals surface area (Å²) >= 11 is 1.80. The molecule has 2 saturated carbocycles. The molecule has 2 fully saturated rings. The molecule has 21 heavy (non-hydrogen) atoms. The molecule has 2 N–H and O–H groups in total. The number of thiazole rings is 1. The van der Waals surface area contributed by atoms with Gasteiger partial charge in [-0.15, -0.1) is 11.3 Å². The smallest absolute Gasteiger partial charge is 0.185 e. The Hall–Kier alpha value is -0.610. The minimum atomic E-state index is 0.518. The van der Waals surface area contributed by atoms with Crippen molar-refractivity contribution in [3.8, 4) is 0 Å². The molecule has 2 aliphatic carbocycles. The van der Waals surface area contributed by atoms with Gasteiger partial charge in [-0.05, 0) is 49.4 Å². The van der Waals surface area contributed by atoms with E-state index >= 15 is 0 Å². The summed E-state index contributed by atoms with van der Waals surface area (Å²) in [6.07, 6.45) is 7.02. The van der Waals surface area contributed by atoms with Crippen molar-refractivity contribution in [2.75, 3.05) is 18.5 Å². The molecule has 0 aliphatic heterocycles. The number of aromatic nitrogens is 1. The van der Waals surface area contributed by atoms with Crippen LogP contribution in [-0.2, 0) is 6.54 Å². The summed E-state index contributed by atoms with van der Waals surface area (Å²) in [7, 11) is 2.21. The zero-order valence-corrected chi connectivity index (χ0v) is 14.5. The second-order valence-corrected chi connectivity index (χ2v) is 8.20. The van der Waals surface area contributed by atoms with Crippen LogP contribution in [0.25, 0.3) is 0 Å². The second-order valence-electron chi connectivity index (χ2n) is 7.13. The van der Waals surface area contributed by atoms with E-state index < -0.39 is 0 Å². The fourth-order valence-electron chi connectivity index (χ4n) is 4.27. The maximum atomic E-state index is 5.92. The zero-order chi connectivity index (χ0) is 15.0. The van der Waals surface area contributed by atoms with Crippen molar-refractivity contribution < 1.29 is 0 Å². The van der Waals surface area contributed by atoms with Crippen LogP contribution in [0.4, 0.5) is 5.13 Å². The Morgan fingerprint density at radius 3 is 2.76 bits per heavy atom. The van der Waals surface area contributed by atoms with Crippen molar-refractivity contribution in [2.24, 2.45) is 23.5 Å². The average Bonchev–Trinajstić information content (AvgIpc) is 3.20. The molecule has 1 heterocycles. The van der Waals surface area contributed by atoms with Gasteiger partial charge in [-0.25, -0.2) is 4.98 Å². The second kappa shape index (κ2) is 6.25. The lowest BCUT2D eigenvalue weighted by molar-refractivity contribution is 0.337. The first-order valence-corrected chi connectivity index (χ1v) is 9.34. The van der Waals surface area contributed by atoms with Gasteiger partial charge in [0.05, 0.1) is 5.69 Å². The summed E-state index contributed by atoms with van der Waals surface area (Å²) in [5.74, 6) is 3.43. The minimum absolute atomic E-state index is 0.518. The highest BCUT2D eigenvalue weighted by atomic mass is 32.1. The predicted molar refractivity (Wildman–Crippen MR) is 90.9 cm³/mol. The third-order valence-electron chi connectivity index (χ3n) is 5.70. The molecule has 2 bridgehead atoms. The third-order valence-corrected chi connectivity index (χ3v) is 6.91. The lowest BCUT2D eigenvalue weighted by Crippen LogP contribution is -2.28. The lowest BCUT2D eigenvalue weighted by atomic mass is 9.88. The Labute approximate surface area is 132 Å². The van der Waals surface area contributed by atoms with Crippen LogP contribution in [0, 0.1) is 17.8 Å². The van der Waals surface area contributed by atoms with Crippen molar-refractivity contribution >= 4 is 16.5 Å². The zero-order valence-electron chi connectivity index (χ0n) is 13.6. The van der Waals surface area contributed by atoms with E-state index in [1.54, 1.807) is 11.3 Å². The standard InChI is InChI=1S/C17H29N3S/c1-4-11(2)16-15(9-18)21-17(19-16)20(3)10-14-8-12-5-6-13(14)7-12/h11-14H,4-10,18H2,1-3H3. The van der Waals surface area contributed by atoms with Crippen LogP contribution in [0.15, 0.2) is 0 Å².